The second-order valence-electron chi connectivity index (χ2n) is 6.02. The highest BCUT2D eigenvalue weighted by Crippen LogP contribution is 2.37. The highest BCUT2D eigenvalue weighted by atomic mass is 35.5. The largest absolute Gasteiger partial charge is 0.376 e. The van der Waals surface area contributed by atoms with E-state index in [4.69, 9.17) is 16.3 Å². The molecular formula is C14H21ClN2O3. The molecule has 112 valence electrons. The van der Waals surface area contributed by atoms with Gasteiger partial charge in [0.15, 0.2) is 0 Å². The van der Waals surface area contributed by atoms with Crippen molar-refractivity contribution in [1.82, 2.24) is 9.80 Å². The van der Waals surface area contributed by atoms with Crippen LogP contribution in [0.15, 0.2) is 0 Å². The van der Waals surface area contributed by atoms with Crippen molar-refractivity contribution >= 4 is 23.5 Å². The maximum Gasteiger partial charge on any atom is 0.326 e. The lowest BCUT2D eigenvalue weighted by Gasteiger charge is -2.47. The van der Waals surface area contributed by atoms with Gasteiger partial charge in [0.05, 0.1) is 18.6 Å². The molecule has 0 aromatic heterocycles. The summed E-state index contributed by atoms with van der Waals surface area (Å²) in [6.07, 6.45) is 4.61. The summed E-state index contributed by atoms with van der Waals surface area (Å²) in [5, 5.41) is -0.163. The van der Waals surface area contributed by atoms with Crippen LogP contribution in [0, 0.1) is 5.92 Å². The second-order valence-corrected chi connectivity index (χ2v) is 6.58. The highest BCUT2D eigenvalue weighted by Gasteiger charge is 2.49. The van der Waals surface area contributed by atoms with E-state index in [2.05, 4.69) is 0 Å². The Morgan fingerprint density at radius 1 is 1.25 bits per heavy atom. The molecule has 0 N–H and O–H groups in total. The average Bonchev–Trinajstić information content (AvgIpc) is 2.94. The summed E-state index contributed by atoms with van der Waals surface area (Å²) in [5.74, 6) is -0.359. The number of nitrogens with zero attached hydrogens (tertiary/aromatic N) is 2. The van der Waals surface area contributed by atoms with Crippen LogP contribution in [0.3, 0.4) is 0 Å². The normalized spacial score (nSPS) is 38.3. The van der Waals surface area contributed by atoms with Crippen LogP contribution in [0.25, 0.3) is 0 Å². The zero-order chi connectivity index (χ0) is 14.3. The van der Waals surface area contributed by atoms with Gasteiger partial charge >= 0.3 is 6.03 Å². The number of alkyl halides is 1. The molecule has 3 aliphatic rings. The van der Waals surface area contributed by atoms with E-state index < -0.39 is 0 Å². The van der Waals surface area contributed by atoms with Gasteiger partial charge in [0, 0.05) is 25.1 Å². The van der Waals surface area contributed by atoms with Crippen molar-refractivity contribution < 1.29 is 14.3 Å². The SMILES string of the molecule is CN1C(=O)N(CC2CCCO2)C(=O)C2C(Cl)CCCC21. The number of carbonyl (C=O) groups is 2. The third kappa shape index (κ3) is 2.31. The summed E-state index contributed by atoms with van der Waals surface area (Å²) in [7, 11) is 1.78. The van der Waals surface area contributed by atoms with Gasteiger partial charge in [0.1, 0.15) is 0 Å². The van der Waals surface area contributed by atoms with Gasteiger partial charge in [-0.3, -0.25) is 9.69 Å². The van der Waals surface area contributed by atoms with Crippen LogP contribution in [-0.2, 0) is 9.53 Å². The molecule has 1 aliphatic carbocycles. The van der Waals surface area contributed by atoms with Gasteiger partial charge in [-0.05, 0) is 32.1 Å². The third-order valence-electron chi connectivity index (χ3n) is 4.78. The summed E-state index contributed by atoms with van der Waals surface area (Å²) in [5.41, 5.74) is 0. The van der Waals surface area contributed by atoms with Crippen LogP contribution >= 0.6 is 11.6 Å². The third-order valence-corrected chi connectivity index (χ3v) is 5.27. The topological polar surface area (TPSA) is 49.9 Å². The maximum absolute atomic E-state index is 12.7. The second kappa shape index (κ2) is 5.53. The molecule has 4 atom stereocenters. The van der Waals surface area contributed by atoms with Crippen molar-refractivity contribution in [3.05, 3.63) is 0 Å². The molecule has 2 heterocycles. The Morgan fingerprint density at radius 2 is 2.05 bits per heavy atom. The Labute approximate surface area is 124 Å². The number of imide groups is 1. The minimum Gasteiger partial charge on any atom is -0.376 e. The first kappa shape index (κ1) is 14.1. The van der Waals surface area contributed by atoms with Crippen LogP contribution in [-0.4, -0.2) is 59.5 Å². The smallest absolute Gasteiger partial charge is 0.326 e. The molecule has 0 aromatic rings. The number of urea groups is 1. The van der Waals surface area contributed by atoms with E-state index in [1.807, 2.05) is 0 Å². The molecule has 2 saturated heterocycles. The number of carbonyl (C=O) groups excluding carboxylic acids is 2. The van der Waals surface area contributed by atoms with Gasteiger partial charge < -0.3 is 9.64 Å². The summed E-state index contributed by atoms with van der Waals surface area (Å²) >= 11 is 6.36. The fourth-order valence-electron chi connectivity index (χ4n) is 3.64. The summed E-state index contributed by atoms with van der Waals surface area (Å²) in [6.45, 7) is 1.09. The fourth-order valence-corrected chi connectivity index (χ4v) is 4.07. The highest BCUT2D eigenvalue weighted by molar-refractivity contribution is 6.22. The van der Waals surface area contributed by atoms with Crippen molar-refractivity contribution in [3.8, 4) is 0 Å². The van der Waals surface area contributed by atoms with Crippen LogP contribution < -0.4 is 0 Å². The number of hydrogen-bond acceptors (Lipinski definition) is 3. The van der Waals surface area contributed by atoms with Crippen molar-refractivity contribution in [2.75, 3.05) is 20.2 Å². The Morgan fingerprint density at radius 3 is 2.75 bits per heavy atom. The van der Waals surface area contributed by atoms with E-state index >= 15 is 0 Å². The first-order chi connectivity index (χ1) is 9.59. The molecule has 20 heavy (non-hydrogen) atoms. The lowest BCUT2D eigenvalue weighted by atomic mass is 9.81. The van der Waals surface area contributed by atoms with E-state index in [9.17, 15) is 9.59 Å². The molecular weight excluding hydrogens is 280 g/mol. The number of ether oxygens (including phenoxy) is 1. The lowest BCUT2D eigenvalue weighted by molar-refractivity contribution is -0.141. The number of rotatable bonds is 2. The molecule has 5 nitrogen and oxygen atoms in total. The molecule has 4 unspecified atom stereocenters. The van der Waals surface area contributed by atoms with Crippen LogP contribution in [0.2, 0.25) is 0 Å². The quantitative estimate of drug-likeness (QED) is 0.731. The summed E-state index contributed by atoms with van der Waals surface area (Å²) < 4.78 is 5.55. The van der Waals surface area contributed by atoms with Gasteiger partial charge in [0.2, 0.25) is 5.91 Å². The molecule has 3 fully saturated rings. The Bertz CT molecular complexity index is 411. The van der Waals surface area contributed by atoms with Gasteiger partial charge in [-0.25, -0.2) is 4.79 Å². The lowest BCUT2D eigenvalue weighted by Crippen LogP contribution is -2.64. The standard InChI is InChI=1S/C14H21ClN2O3/c1-16-11-6-2-5-10(15)12(11)13(18)17(14(16)19)8-9-4-3-7-20-9/h9-12H,2-8H2,1H3. The Kier molecular flexibility index (Phi) is 3.91. The molecule has 3 amide bonds. The molecule has 0 bridgehead atoms. The summed E-state index contributed by atoms with van der Waals surface area (Å²) in [6, 6.07) is -0.232. The van der Waals surface area contributed by atoms with Crippen LogP contribution in [0.5, 0.6) is 0 Å². The molecule has 0 aromatic carbocycles. The average molecular weight is 301 g/mol. The zero-order valence-electron chi connectivity index (χ0n) is 11.8. The number of fused-ring (bicyclic) bond motifs is 1. The van der Waals surface area contributed by atoms with E-state index in [0.717, 1.165) is 38.7 Å². The molecule has 1 saturated carbocycles. The fraction of sp³-hybridized carbons (Fsp3) is 0.857. The van der Waals surface area contributed by atoms with Crippen molar-refractivity contribution in [1.29, 1.82) is 0 Å². The number of hydrogen-bond donors (Lipinski definition) is 0. The molecule has 6 heteroatoms. The van der Waals surface area contributed by atoms with E-state index in [1.165, 1.54) is 4.90 Å². The zero-order valence-corrected chi connectivity index (χ0v) is 12.5. The summed E-state index contributed by atoms with van der Waals surface area (Å²) in [4.78, 5) is 28.1. The predicted octanol–water partition coefficient (Wildman–Crippen LogP) is 1.84. The maximum atomic E-state index is 12.7. The minimum absolute atomic E-state index is 0.00906. The van der Waals surface area contributed by atoms with Gasteiger partial charge in [-0.15, -0.1) is 11.6 Å². The van der Waals surface area contributed by atoms with Gasteiger partial charge in [0.25, 0.3) is 0 Å². The monoisotopic (exact) mass is 300 g/mol. The number of halogens is 1. The first-order valence-corrected chi connectivity index (χ1v) is 7.87. The molecule has 2 aliphatic heterocycles. The van der Waals surface area contributed by atoms with Crippen molar-refractivity contribution in [2.24, 2.45) is 5.92 Å². The predicted molar refractivity (Wildman–Crippen MR) is 74.6 cm³/mol. The van der Waals surface area contributed by atoms with E-state index in [0.29, 0.717) is 6.54 Å². The Balaban J connectivity index is 1.79. The van der Waals surface area contributed by atoms with Gasteiger partial charge in [-0.1, -0.05) is 0 Å². The minimum atomic E-state index is -0.255. The molecule has 0 radical (unpaired) electrons. The first-order valence-electron chi connectivity index (χ1n) is 7.43. The Hall–Kier alpha value is -0.810. The van der Waals surface area contributed by atoms with Gasteiger partial charge in [-0.2, -0.15) is 0 Å². The molecule has 0 spiro atoms. The van der Waals surface area contributed by atoms with Crippen molar-refractivity contribution in [3.63, 3.8) is 0 Å². The number of amides is 3. The van der Waals surface area contributed by atoms with E-state index in [1.54, 1.807) is 11.9 Å². The van der Waals surface area contributed by atoms with Crippen molar-refractivity contribution in [2.45, 2.75) is 49.6 Å². The van der Waals surface area contributed by atoms with E-state index in [-0.39, 0.29) is 35.4 Å². The van der Waals surface area contributed by atoms with Crippen LogP contribution in [0.1, 0.15) is 32.1 Å². The van der Waals surface area contributed by atoms with Crippen LogP contribution in [0.4, 0.5) is 4.79 Å². The molecule has 3 rings (SSSR count).